The number of nitriles is 1. The Morgan fingerprint density at radius 2 is 1.22 bits per heavy atom. The van der Waals surface area contributed by atoms with Crippen LogP contribution in [0, 0.1) is 35.0 Å². The van der Waals surface area contributed by atoms with Gasteiger partial charge in [0.25, 0.3) is 0 Å². The van der Waals surface area contributed by atoms with Crippen LogP contribution >= 0.6 is 0 Å². The minimum atomic E-state index is 0.949. The topological polar surface area (TPSA) is 23.8 Å². The lowest BCUT2D eigenvalue weighted by Gasteiger charge is -2.32. The second-order valence-corrected chi connectivity index (χ2v) is 9.34. The van der Waals surface area contributed by atoms with Crippen molar-refractivity contribution in [1.82, 2.24) is 0 Å². The summed E-state index contributed by atoms with van der Waals surface area (Å²) in [7, 11) is 0. The Morgan fingerprint density at radius 3 is 1.74 bits per heavy atom. The maximum Gasteiger partial charge on any atom is 0.0912 e. The van der Waals surface area contributed by atoms with E-state index < -0.39 is 0 Å². The molecule has 2 aliphatic carbocycles. The Morgan fingerprint density at radius 1 is 0.704 bits per heavy atom. The van der Waals surface area contributed by atoms with Gasteiger partial charge >= 0.3 is 0 Å². The molecule has 0 amide bonds. The van der Waals surface area contributed by atoms with Crippen LogP contribution in [0.5, 0.6) is 0 Å². The lowest BCUT2D eigenvalue weighted by molar-refractivity contribution is 0.209. The number of unbranched alkanes of at least 4 members (excludes halogenated alkanes) is 2. The Bertz CT molecular complexity index is 453. The van der Waals surface area contributed by atoms with Gasteiger partial charge in [0.2, 0.25) is 0 Å². The Labute approximate surface area is 169 Å². The highest BCUT2D eigenvalue weighted by Crippen LogP contribution is 2.38. The van der Waals surface area contributed by atoms with Crippen molar-refractivity contribution >= 4 is 0 Å². The first-order valence-corrected chi connectivity index (χ1v) is 12.0. The molecule has 0 bridgehead atoms. The summed E-state index contributed by atoms with van der Waals surface area (Å²) in [5.74, 6) is 4.09. The number of nitrogens with zero attached hydrogens (tertiary/aromatic N) is 1. The predicted octanol–water partition coefficient (Wildman–Crippen LogP) is 8.38. The summed E-state index contributed by atoms with van der Waals surface area (Å²) in [6.07, 6.45) is 30.9. The molecular weight excluding hydrogens is 326 g/mol. The number of allylic oxidation sites excluding steroid dienone is 4. The molecule has 2 saturated carbocycles. The van der Waals surface area contributed by atoms with Crippen LogP contribution in [0.3, 0.4) is 0 Å². The molecule has 1 nitrogen and oxygen atoms in total. The summed E-state index contributed by atoms with van der Waals surface area (Å²) >= 11 is 0. The molecule has 0 heterocycles. The van der Waals surface area contributed by atoms with Gasteiger partial charge in [0.15, 0.2) is 0 Å². The quantitative estimate of drug-likeness (QED) is 0.204. The van der Waals surface area contributed by atoms with Crippen LogP contribution in [-0.4, -0.2) is 0 Å². The highest BCUT2D eigenvalue weighted by molar-refractivity contribution is 5.11. The summed E-state index contributed by atoms with van der Waals surface area (Å²) in [5.41, 5.74) is 0. The molecule has 0 N–H and O–H groups in total. The lowest BCUT2D eigenvalue weighted by atomic mass is 9.74. The normalized spacial score (nSPS) is 29.3. The smallest absolute Gasteiger partial charge is 0.0912 e. The van der Waals surface area contributed by atoms with E-state index in [1.54, 1.807) is 6.08 Å². The third-order valence-electron chi connectivity index (χ3n) is 7.29. The molecule has 2 fully saturated rings. The second-order valence-electron chi connectivity index (χ2n) is 9.34. The third kappa shape index (κ3) is 9.64. The van der Waals surface area contributed by atoms with Gasteiger partial charge in [-0.25, -0.2) is 0 Å². The van der Waals surface area contributed by atoms with Crippen LogP contribution in [0.4, 0.5) is 0 Å². The fourth-order valence-corrected chi connectivity index (χ4v) is 5.38. The van der Waals surface area contributed by atoms with E-state index in [0.717, 1.165) is 23.7 Å². The van der Waals surface area contributed by atoms with E-state index in [1.165, 1.54) is 103 Å². The van der Waals surface area contributed by atoms with Crippen LogP contribution in [0.15, 0.2) is 24.3 Å². The molecule has 0 atom stereocenters. The zero-order valence-electron chi connectivity index (χ0n) is 17.9. The molecule has 27 heavy (non-hydrogen) atoms. The van der Waals surface area contributed by atoms with Crippen molar-refractivity contribution in [2.24, 2.45) is 23.7 Å². The van der Waals surface area contributed by atoms with Gasteiger partial charge in [-0.05, 0) is 36.5 Å². The Hall–Kier alpha value is -1.03. The van der Waals surface area contributed by atoms with Crippen LogP contribution in [0.1, 0.15) is 110 Å². The van der Waals surface area contributed by atoms with E-state index in [0.29, 0.717) is 0 Å². The SMILES string of the molecule is CCCCCC1CCC(CCC2CCC(CC/C=C/C=C/C#N)CC2)CC1. The molecule has 0 aromatic carbocycles. The van der Waals surface area contributed by atoms with Crippen molar-refractivity contribution in [1.29, 1.82) is 5.26 Å². The molecule has 1 heteroatoms. The number of hydrogen-bond acceptors (Lipinski definition) is 1. The van der Waals surface area contributed by atoms with E-state index in [4.69, 9.17) is 5.26 Å². The van der Waals surface area contributed by atoms with Crippen molar-refractivity contribution in [3.05, 3.63) is 24.3 Å². The van der Waals surface area contributed by atoms with Gasteiger partial charge < -0.3 is 0 Å². The highest BCUT2D eigenvalue weighted by Gasteiger charge is 2.24. The van der Waals surface area contributed by atoms with E-state index >= 15 is 0 Å². The summed E-state index contributed by atoms with van der Waals surface area (Å²) < 4.78 is 0. The van der Waals surface area contributed by atoms with Crippen molar-refractivity contribution < 1.29 is 0 Å². The minimum absolute atomic E-state index is 0.949. The van der Waals surface area contributed by atoms with Gasteiger partial charge in [-0.1, -0.05) is 115 Å². The van der Waals surface area contributed by atoms with Gasteiger partial charge in [0.1, 0.15) is 0 Å². The maximum atomic E-state index is 8.46. The van der Waals surface area contributed by atoms with Gasteiger partial charge in [-0.15, -0.1) is 0 Å². The molecular formula is C26H43N. The number of rotatable bonds is 11. The highest BCUT2D eigenvalue weighted by atomic mass is 14.3. The van der Waals surface area contributed by atoms with Crippen LogP contribution in [-0.2, 0) is 0 Å². The van der Waals surface area contributed by atoms with Crippen molar-refractivity contribution in [3.8, 4) is 6.07 Å². The van der Waals surface area contributed by atoms with E-state index in [9.17, 15) is 0 Å². The minimum Gasteiger partial charge on any atom is -0.193 e. The maximum absolute atomic E-state index is 8.46. The van der Waals surface area contributed by atoms with Crippen molar-refractivity contribution in [2.75, 3.05) is 0 Å². The molecule has 152 valence electrons. The zero-order valence-corrected chi connectivity index (χ0v) is 17.9. The molecule has 0 spiro atoms. The first kappa shape index (κ1) is 22.3. The van der Waals surface area contributed by atoms with Crippen LogP contribution < -0.4 is 0 Å². The molecule has 0 unspecified atom stereocenters. The van der Waals surface area contributed by atoms with E-state index in [2.05, 4.69) is 13.0 Å². The summed E-state index contributed by atoms with van der Waals surface area (Å²) in [5, 5.41) is 8.46. The summed E-state index contributed by atoms with van der Waals surface area (Å²) in [6.45, 7) is 2.32. The standard InChI is InChI=1S/C26H43N/c1-2-3-7-10-23-12-16-25(17-13-23)20-21-26-18-14-24(15-19-26)11-8-5-4-6-9-22-27/h4-6,9,23-26H,2-3,7-8,10-21H2,1H3/b5-4+,9-6+. The predicted molar refractivity (Wildman–Crippen MR) is 117 cm³/mol. The molecule has 2 rings (SSSR count). The second kappa shape index (κ2) is 14.0. The van der Waals surface area contributed by atoms with Gasteiger partial charge in [-0.2, -0.15) is 5.26 Å². The molecule has 0 aliphatic heterocycles. The van der Waals surface area contributed by atoms with Crippen molar-refractivity contribution in [2.45, 2.75) is 110 Å². The van der Waals surface area contributed by atoms with Gasteiger partial charge in [0, 0.05) is 6.08 Å². The van der Waals surface area contributed by atoms with Gasteiger partial charge in [0.05, 0.1) is 6.07 Å². The van der Waals surface area contributed by atoms with Crippen molar-refractivity contribution in [3.63, 3.8) is 0 Å². The Balaban J connectivity index is 1.50. The first-order chi connectivity index (χ1) is 13.3. The van der Waals surface area contributed by atoms with Gasteiger partial charge in [-0.3, -0.25) is 0 Å². The average molecular weight is 370 g/mol. The average Bonchev–Trinajstić information content (AvgIpc) is 2.71. The molecule has 2 aliphatic rings. The third-order valence-corrected chi connectivity index (χ3v) is 7.29. The number of hydrogen-bond donors (Lipinski definition) is 0. The Kier molecular flexibility index (Phi) is 11.6. The lowest BCUT2D eigenvalue weighted by Crippen LogP contribution is -2.18. The fourth-order valence-electron chi connectivity index (χ4n) is 5.38. The molecule has 0 aromatic heterocycles. The summed E-state index contributed by atoms with van der Waals surface area (Å²) in [6, 6.07) is 2.03. The van der Waals surface area contributed by atoms with E-state index in [-0.39, 0.29) is 0 Å². The largest absolute Gasteiger partial charge is 0.193 e. The molecule has 0 saturated heterocycles. The molecule has 0 radical (unpaired) electrons. The monoisotopic (exact) mass is 369 g/mol. The fraction of sp³-hybridized carbons (Fsp3) is 0.808. The molecule has 0 aromatic rings. The van der Waals surface area contributed by atoms with Crippen LogP contribution in [0.25, 0.3) is 0 Å². The summed E-state index contributed by atoms with van der Waals surface area (Å²) in [4.78, 5) is 0. The zero-order chi connectivity index (χ0) is 19.2. The van der Waals surface area contributed by atoms with Crippen LogP contribution in [0.2, 0.25) is 0 Å². The van der Waals surface area contributed by atoms with E-state index in [1.807, 2.05) is 18.2 Å². The first-order valence-electron chi connectivity index (χ1n) is 12.0.